The molecule has 0 radical (unpaired) electrons. The molecule has 2 aromatic carbocycles. The monoisotopic (exact) mass is 413 g/mol. The SMILES string of the molecule is O=C(C[C@H]1C=C[C@H](NC(=O)Nc2ccccc2)[C@H](CO)O1)NCc1cccc(F)c1. The van der Waals surface area contributed by atoms with Gasteiger partial charge in [-0.2, -0.15) is 0 Å². The fraction of sp³-hybridized carbons (Fsp3) is 0.273. The second-order valence-electron chi connectivity index (χ2n) is 6.88. The van der Waals surface area contributed by atoms with Crippen molar-refractivity contribution in [1.82, 2.24) is 10.6 Å². The van der Waals surface area contributed by atoms with Gasteiger partial charge in [-0.3, -0.25) is 4.79 Å². The first-order chi connectivity index (χ1) is 14.5. The molecule has 158 valence electrons. The summed E-state index contributed by atoms with van der Waals surface area (Å²) in [6.45, 7) is -0.109. The number of nitrogens with one attached hydrogen (secondary N) is 3. The Balaban J connectivity index is 1.49. The van der Waals surface area contributed by atoms with Crippen molar-refractivity contribution in [2.75, 3.05) is 11.9 Å². The highest BCUT2D eigenvalue weighted by molar-refractivity contribution is 5.89. The van der Waals surface area contributed by atoms with E-state index in [1.54, 1.807) is 48.6 Å². The molecular formula is C22H24FN3O4. The normalized spacial score (nSPS) is 20.4. The van der Waals surface area contributed by atoms with Gasteiger partial charge in [-0.1, -0.05) is 42.5 Å². The van der Waals surface area contributed by atoms with Crippen LogP contribution in [0.15, 0.2) is 66.7 Å². The minimum Gasteiger partial charge on any atom is -0.394 e. The number of ether oxygens (including phenoxy) is 1. The molecule has 4 N–H and O–H groups in total. The molecule has 0 bridgehead atoms. The number of rotatable bonds is 7. The van der Waals surface area contributed by atoms with E-state index in [0.29, 0.717) is 11.3 Å². The van der Waals surface area contributed by atoms with Crippen molar-refractivity contribution < 1.29 is 23.8 Å². The number of benzene rings is 2. The predicted molar refractivity (Wildman–Crippen MR) is 110 cm³/mol. The third-order valence-electron chi connectivity index (χ3n) is 4.56. The standard InChI is InChI=1S/C22H24FN3O4/c23-16-6-4-5-15(11-16)13-24-21(28)12-18-9-10-19(20(14-27)30-18)26-22(29)25-17-7-2-1-3-8-17/h1-11,18-20,27H,12-14H2,(H,24,28)(H2,25,26,29)/t18-,19+,20+/m1/s1. The summed E-state index contributed by atoms with van der Waals surface area (Å²) in [5.74, 6) is -0.625. The number of aliphatic hydroxyl groups is 1. The number of hydrogen-bond donors (Lipinski definition) is 4. The Kier molecular flexibility index (Phi) is 7.53. The summed E-state index contributed by atoms with van der Waals surface area (Å²) < 4.78 is 18.9. The number of para-hydroxylation sites is 1. The van der Waals surface area contributed by atoms with Crippen LogP contribution in [0.5, 0.6) is 0 Å². The molecule has 1 aliphatic rings. The fourth-order valence-electron chi connectivity index (χ4n) is 3.08. The maximum absolute atomic E-state index is 13.2. The van der Waals surface area contributed by atoms with Crippen molar-refractivity contribution >= 4 is 17.6 Å². The number of halogens is 1. The highest BCUT2D eigenvalue weighted by atomic mass is 19.1. The Morgan fingerprint density at radius 1 is 1.07 bits per heavy atom. The van der Waals surface area contributed by atoms with Crippen LogP contribution < -0.4 is 16.0 Å². The molecule has 3 amide bonds. The number of urea groups is 1. The number of carbonyl (C=O) groups is 2. The minimum atomic E-state index is -0.683. The summed E-state index contributed by atoms with van der Waals surface area (Å²) in [7, 11) is 0. The average Bonchev–Trinajstić information content (AvgIpc) is 2.74. The molecule has 3 atom stereocenters. The Morgan fingerprint density at radius 3 is 2.60 bits per heavy atom. The van der Waals surface area contributed by atoms with E-state index in [0.717, 1.165) is 0 Å². The molecule has 2 aromatic rings. The molecule has 0 unspecified atom stereocenters. The Hall–Kier alpha value is -3.23. The topological polar surface area (TPSA) is 99.7 Å². The maximum atomic E-state index is 13.2. The number of carbonyl (C=O) groups excluding carboxylic acids is 2. The van der Waals surface area contributed by atoms with Crippen molar-refractivity contribution in [3.63, 3.8) is 0 Å². The van der Waals surface area contributed by atoms with E-state index in [1.807, 2.05) is 6.07 Å². The second kappa shape index (κ2) is 10.5. The van der Waals surface area contributed by atoms with Crippen LogP contribution in [0.1, 0.15) is 12.0 Å². The highest BCUT2D eigenvalue weighted by Crippen LogP contribution is 2.16. The van der Waals surface area contributed by atoms with E-state index >= 15 is 0 Å². The predicted octanol–water partition coefficient (Wildman–Crippen LogP) is 2.34. The van der Waals surface area contributed by atoms with Crippen LogP contribution >= 0.6 is 0 Å². The maximum Gasteiger partial charge on any atom is 0.319 e. The van der Waals surface area contributed by atoms with Gasteiger partial charge in [-0.15, -0.1) is 0 Å². The summed E-state index contributed by atoms with van der Waals surface area (Å²) in [6, 6.07) is 14.0. The quantitative estimate of drug-likeness (QED) is 0.524. The number of hydrogen-bond acceptors (Lipinski definition) is 4. The first-order valence-corrected chi connectivity index (χ1v) is 9.62. The van der Waals surface area contributed by atoms with E-state index in [1.165, 1.54) is 12.1 Å². The first kappa shape index (κ1) is 21.5. The van der Waals surface area contributed by atoms with Crippen LogP contribution in [0.2, 0.25) is 0 Å². The van der Waals surface area contributed by atoms with Crippen molar-refractivity contribution in [3.8, 4) is 0 Å². The molecule has 1 aliphatic heterocycles. The largest absolute Gasteiger partial charge is 0.394 e. The van der Waals surface area contributed by atoms with E-state index in [9.17, 15) is 19.1 Å². The molecule has 0 fully saturated rings. The minimum absolute atomic E-state index is 0.0469. The van der Waals surface area contributed by atoms with Gasteiger partial charge in [0.2, 0.25) is 5.91 Å². The molecule has 0 saturated carbocycles. The average molecular weight is 413 g/mol. The molecule has 1 heterocycles. The van der Waals surface area contributed by atoms with Crippen LogP contribution in [0, 0.1) is 5.82 Å². The van der Waals surface area contributed by atoms with E-state index < -0.39 is 24.3 Å². The lowest BCUT2D eigenvalue weighted by molar-refractivity contribution is -0.125. The second-order valence-corrected chi connectivity index (χ2v) is 6.88. The number of aliphatic hydroxyl groups excluding tert-OH is 1. The van der Waals surface area contributed by atoms with Crippen LogP contribution in [-0.4, -0.2) is 41.9 Å². The van der Waals surface area contributed by atoms with Crippen molar-refractivity contribution in [2.45, 2.75) is 31.2 Å². The summed E-state index contributed by atoms with van der Waals surface area (Å²) in [4.78, 5) is 24.3. The Labute approximate surface area is 173 Å². The third kappa shape index (κ3) is 6.40. The van der Waals surface area contributed by atoms with Gasteiger partial charge in [0.25, 0.3) is 0 Å². The van der Waals surface area contributed by atoms with Gasteiger partial charge in [0.15, 0.2) is 0 Å². The smallest absolute Gasteiger partial charge is 0.319 e. The van der Waals surface area contributed by atoms with Gasteiger partial charge < -0.3 is 25.8 Å². The van der Waals surface area contributed by atoms with Crippen LogP contribution in [0.25, 0.3) is 0 Å². The Morgan fingerprint density at radius 2 is 1.87 bits per heavy atom. The summed E-state index contributed by atoms with van der Waals surface area (Å²) in [5, 5.41) is 17.8. The Bertz CT molecular complexity index is 891. The molecule has 30 heavy (non-hydrogen) atoms. The summed E-state index contributed by atoms with van der Waals surface area (Å²) >= 11 is 0. The third-order valence-corrected chi connectivity index (χ3v) is 4.56. The van der Waals surface area contributed by atoms with Gasteiger partial charge in [0.1, 0.15) is 11.9 Å². The zero-order valence-electron chi connectivity index (χ0n) is 16.3. The van der Waals surface area contributed by atoms with Gasteiger partial charge in [-0.05, 0) is 29.8 Å². The van der Waals surface area contributed by atoms with Gasteiger partial charge in [-0.25, -0.2) is 9.18 Å². The van der Waals surface area contributed by atoms with Gasteiger partial charge in [0.05, 0.1) is 25.2 Å². The van der Waals surface area contributed by atoms with Gasteiger partial charge in [0, 0.05) is 12.2 Å². The molecule has 0 spiro atoms. The van der Waals surface area contributed by atoms with E-state index in [2.05, 4.69) is 16.0 Å². The van der Waals surface area contributed by atoms with Crippen molar-refractivity contribution in [3.05, 3.63) is 78.1 Å². The summed E-state index contributed by atoms with van der Waals surface area (Å²) in [6.07, 6.45) is 2.22. The van der Waals surface area contributed by atoms with Crippen LogP contribution in [-0.2, 0) is 16.1 Å². The molecule has 7 nitrogen and oxygen atoms in total. The van der Waals surface area contributed by atoms with Crippen molar-refractivity contribution in [2.24, 2.45) is 0 Å². The fourth-order valence-corrected chi connectivity index (χ4v) is 3.08. The van der Waals surface area contributed by atoms with Crippen LogP contribution in [0.3, 0.4) is 0 Å². The lowest BCUT2D eigenvalue weighted by Crippen LogP contribution is -2.50. The molecular weight excluding hydrogens is 389 g/mol. The first-order valence-electron chi connectivity index (χ1n) is 9.62. The lowest BCUT2D eigenvalue weighted by atomic mass is 10.0. The number of amides is 3. The zero-order chi connectivity index (χ0) is 21.3. The molecule has 8 heteroatoms. The molecule has 0 aliphatic carbocycles. The highest BCUT2D eigenvalue weighted by Gasteiger charge is 2.29. The molecule has 0 aromatic heterocycles. The molecule has 0 saturated heterocycles. The van der Waals surface area contributed by atoms with Crippen LogP contribution in [0.4, 0.5) is 14.9 Å². The lowest BCUT2D eigenvalue weighted by Gasteiger charge is -2.31. The van der Waals surface area contributed by atoms with E-state index in [-0.39, 0.29) is 31.3 Å². The van der Waals surface area contributed by atoms with Gasteiger partial charge >= 0.3 is 6.03 Å². The number of anilines is 1. The molecule has 3 rings (SSSR count). The van der Waals surface area contributed by atoms with E-state index in [4.69, 9.17) is 4.74 Å². The van der Waals surface area contributed by atoms with Crippen molar-refractivity contribution in [1.29, 1.82) is 0 Å². The summed E-state index contributed by atoms with van der Waals surface area (Å²) in [5.41, 5.74) is 1.30. The zero-order valence-corrected chi connectivity index (χ0v) is 16.3.